The minimum absolute atomic E-state index is 0.00148. The van der Waals surface area contributed by atoms with Crippen LogP contribution in [0.4, 0.5) is 0 Å². The van der Waals surface area contributed by atoms with Crippen LogP contribution in [0.1, 0.15) is 12.0 Å². The highest BCUT2D eigenvalue weighted by molar-refractivity contribution is 9.08. The van der Waals surface area contributed by atoms with Crippen molar-refractivity contribution in [1.82, 2.24) is 4.72 Å². The van der Waals surface area contributed by atoms with E-state index in [4.69, 9.17) is 4.74 Å². The second kappa shape index (κ2) is 8.18. The Morgan fingerprint density at radius 1 is 1.35 bits per heavy atom. The van der Waals surface area contributed by atoms with Crippen LogP contribution in [0.3, 0.4) is 0 Å². The first kappa shape index (κ1) is 16.9. The summed E-state index contributed by atoms with van der Waals surface area (Å²) < 4.78 is 31.0. The maximum Gasteiger partial charge on any atom is 0.307 e. The van der Waals surface area contributed by atoms with E-state index in [9.17, 15) is 13.2 Å². The molecule has 5 nitrogen and oxygen atoms in total. The van der Waals surface area contributed by atoms with E-state index < -0.39 is 16.0 Å². The van der Waals surface area contributed by atoms with Crippen molar-refractivity contribution in [2.75, 3.05) is 13.2 Å². The van der Waals surface area contributed by atoms with E-state index in [1.807, 2.05) is 0 Å². The molecule has 1 rings (SSSR count). The molecule has 0 unspecified atom stereocenters. The third kappa shape index (κ3) is 5.44. The number of sulfonamides is 1. The van der Waals surface area contributed by atoms with E-state index in [1.54, 1.807) is 12.1 Å². The van der Waals surface area contributed by atoms with Crippen LogP contribution in [0.5, 0.6) is 0 Å². The Hall–Kier alpha value is -1.18. The third-order valence-electron chi connectivity index (χ3n) is 2.37. The molecule has 1 N–H and O–H groups in total. The molecule has 0 aliphatic rings. The van der Waals surface area contributed by atoms with Gasteiger partial charge in [-0.1, -0.05) is 40.7 Å². The van der Waals surface area contributed by atoms with Gasteiger partial charge in [-0.3, -0.25) is 4.79 Å². The summed E-state index contributed by atoms with van der Waals surface area (Å²) in [5, 5.41) is 0.663. The molecule has 0 aliphatic heterocycles. The van der Waals surface area contributed by atoms with Crippen molar-refractivity contribution in [3.63, 3.8) is 0 Å². The van der Waals surface area contributed by atoms with Crippen LogP contribution >= 0.6 is 15.9 Å². The summed E-state index contributed by atoms with van der Waals surface area (Å²) in [6.45, 7) is 3.54. The molecule has 1 aromatic rings. The third-order valence-corrected chi connectivity index (χ3v) is 4.50. The van der Waals surface area contributed by atoms with Gasteiger partial charge in [-0.15, -0.1) is 0 Å². The molecule has 110 valence electrons. The van der Waals surface area contributed by atoms with Crippen LogP contribution in [0.15, 0.2) is 41.8 Å². The lowest BCUT2D eigenvalue weighted by atomic mass is 10.2. The lowest BCUT2D eigenvalue weighted by Gasteiger charge is -2.07. The second-order valence-corrected chi connectivity index (χ2v) is 6.22. The van der Waals surface area contributed by atoms with Gasteiger partial charge in [-0.25, -0.2) is 13.1 Å². The number of rotatable bonds is 8. The van der Waals surface area contributed by atoms with Gasteiger partial charge in [0, 0.05) is 11.9 Å². The largest absolute Gasteiger partial charge is 0.461 e. The summed E-state index contributed by atoms with van der Waals surface area (Å²) >= 11 is 3.29. The molecule has 1 aromatic carbocycles. The number of hydrogen-bond donors (Lipinski definition) is 1. The number of carbonyl (C=O) groups is 1. The zero-order valence-electron chi connectivity index (χ0n) is 10.8. The summed E-state index contributed by atoms with van der Waals surface area (Å²) in [5.74, 6) is -0.470. The van der Waals surface area contributed by atoms with Crippen molar-refractivity contribution in [2.24, 2.45) is 0 Å². The van der Waals surface area contributed by atoms with Crippen molar-refractivity contribution in [1.29, 1.82) is 0 Å². The second-order valence-electron chi connectivity index (χ2n) is 3.90. The summed E-state index contributed by atoms with van der Waals surface area (Å²) in [6.07, 6.45) is 1.43. The standard InChI is InChI=1S/C13H16BrNO4S/c1-2-9-19-13(16)7-8-15-20(17,18)12-5-3-11(10-14)4-6-12/h2-6,15H,1,7-10H2. The van der Waals surface area contributed by atoms with E-state index in [0.717, 1.165) is 5.56 Å². The SMILES string of the molecule is C=CCOC(=O)CCNS(=O)(=O)c1ccc(CBr)cc1. The quantitative estimate of drug-likeness (QED) is 0.436. The van der Waals surface area contributed by atoms with Crippen molar-refractivity contribution >= 4 is 31.9 Å². The summed E-state index contributed by atoms with van der Waals surface area (Å²) in [4.78, 5) is 11.4. The Labute approximate surface area is 127 Å². The van der Waals surface area contributed by atoms with Crippen LogP contribution < -0.4 is 4.72 Å². The zero-order chi connectivity index (χ0) is 15.0. The number of benzene rings is 1. The lowest BCUT2D eigenvalue weighted by Crippen LogP contribution is -2.26. The molecule has 0 aromatic heterocycles. The average molecular weight is 362 g/mol. The highest BCUT2D eigenvalue weighted by Crippen LogP contribution is 2.12. The lowest BCUT2D eigenvalue weighted by molar-refractivity contribution is -0.142. The first-order valence-electron chi connectivity index (χ1n) is 5.90. The molecule has 0 bridgehead atoms. The zero-order valence-corrected chi connectivity index (χ0v) is 13.2. The molecule has 0 heterocycles. The fourth-order valence-electron chi connectivity index (χ4n) is 1.35. The van der Waals surface area contributed by atoms with Crippen LogP contribution in [0.2, 0.25) is 0 Å². The fraction of sp³-hybridized carbons (Fsp3) is 0.308. The molecule has 0 amide bonds. The summed E-state index contributed by atoms with van der Waals surface area (Å²) in [7, 11) is -3.59. The minimum Gasteiger partial charge on any atom is -0.461 e. The Bertz CT molecular complexity index is 554. The average Bonchev–Trinajstić information content (AvgIpc) is 2.45. The highest BCUT2D eigenvalue weighted by atomic mass is 79.9. The van der Waals surface area contributed by atoms with Crippen molar-refractivity contribution in [3.05, 3.63) is 42.5 Å². The molecule has 20 heavy (non-hydrogen) atoms. The molecule has 7 heteroatoms. The van der Waals surface area contributed by atoms with Gasteiger partial charge in [0.25, 0.3) is 0 Å². The summed E-state index contributed by atoms with van der Waals surface area (Å²) in [5.41, 5.74) is 0.983. The normalized spacial score (nSPS) is 11.1. The van der Waals surface area contributed by atoms with Crippen LogP contribution in [0, 0.1) is 0 Å². The summed E-state index contributed by atoms with van der Waals surface area (Å²) in [6, 6.07) is 6.49. The van der Waals surface area contributed by atoms with Crippen molar-refractivity contribution < 1.29 is 17.9 Å². The predicted molar refractivity (Wildman–Crippen MR) is 80.0 cm³/mol. The first-order chi connectivity index (χ1) is 9.49. The molecule has 0 saturated heterocycles. The topological polar surface area (TPSA) is 72.5 Å². The predicted octanol–water partition coefficient (Wildman–Crippen LogP) is 1.98. The number of alkyl halides is 1. The number of carbonyl (C=O) groups excluding carboxylic acids is 1. The van der Waals surface area contributed by atoms with Gasteiger partial charge in [0.15, 0.2) is 0 Å². The Kier molecular flexibility index (Phi) is 6.90. The van der Waals surface area contributed by atoms with E-state index in [0.29, 0.717) is 5.33 Å². The molecular weight excluding hydrogens is 346 g/mol. The molecule has 0 aliphatic carbocycles. The van der Waals surface area contributed by atoms with Crippen LogP contribution in [-0.4, -0.2) is 27.5 Å². The fourth-order valence-corrected chi connectivity index (χ4v) is 2.76. The van der Waals surface area contributed by atoms with Gasteiger partial charge in [-0.05, 0) is 17.7 Å². The monoisotopic (exact) mass is 361 g/mol. The van der Waals surface area contributed by atoms with Gasteiger partial charge in [0.05, 0.1) is 11.3 Å². The minimum atomic E-state index is -3.59. The van der Waals surface area contributed by atoms with Crippen molar-refractivity contribution in [2.45, 2.75) is 16.6 Å². The molecule has 0 atom stereocenters. The Morgan fingerprint density at radius 2 is 2.00 bits per heavy atom. The van der Waals surface area contributed by atoms with E-state index in [2.05, 4.69) is 27.2 Å². The Morgan fingerprint density at radius 3 is 2.55 bits per heavy atom. The number of hydrogen-bond acceptors (Lipinski definition) is 4. The van der Waals surface area contributed by atoms with E-state index >= 15 is 0 Å². The van der Waals surface area contributed by atoms with E-state index in [-0.39, 0.29) is 24.5 Å². The maximum atomic E-state index is 11.9. The van der Waals surface area contributed by atoms with Gasteiger partial charge < -0.3 is 4.74 Å². The smallest absolute Gasteiger partial charge is 0.307 e. The molecule has 0 radical (unpaired) electrons. The van der Waals surface area contributed by atoms with Gasteiger partial charge in [0.1, 0.15) is 6.61 Å². The van der Waals surface area contributed by atoms with Crippen LogP contribution in [-0.2, 0) is 24.9 Å². The molecule has 0 saturated carbocycles. The van der Waals surface area contributed by atoms with Gasteiger partial charge in [0.2, 0.25) is 10.0 Å². The molecule has 0 spiro atoms. The van der Waals surface area contributed by atoms with E-state index in [1.165, 1.54) is 18.2 Å². The van der Waals surface area contributed by atoms with Crippen LogP contribution in [0.25, 0.3) is 0 Å². The highest BCUT2D eigenvalue weighted by Gasteiger charge is 2.14. The Balaban J connectivity index is 2.52. The number of halogens is 1. The molecular formula is C13H16BrNO4S. The van der Waals surface area contributed by atoms with Gasteiger partial charge >= 0.3 is 5.97 Å². The number of esters is 1. The maximum absolute atomic E-state index is 11.9. The number of nitrogens with one attached hydrogen (secondary N) is 1. The van der Waals surface area contributed by atoms with Crippen molar-refractivity contribution in [3.8, 4) is 0 Å². The molecule has 0 fully saturated rings. The number of ether oxygens (including phenoxy) is 1. The van der Waals surface area contributed by atoms with Gasteiger partial charge in [-0.2, -0.15) is 0 Å². The first-order valence-corrected chi connectivity index (χ1v) is 8.51.